The van der Waals surface area contributed by atoms with Crippen LogP contribution in [0, 0.1) is 5.82 Å². The Kier molecular flexibility index (Phi) is 3.13. The maximum absolute atomic E-state index is 14.0. The first-order valence-electron chi connectivity index (χ1n) is 6.43. The molecule has 3 rings (SSSR count). The van der Waals surface area contributed by atoms with E-state index in [4.69, 9.17) is 16.2 Å². The highest BCUT2D eigenvalue weighted by Gasteiger charge is 2.24. The van der Waals surface area contributed by atoms with Crippen molar-refractivity contribution in [2.45, 2.75) is 6.04 Å². The van der Waals surface area contributed by atoms with Crippen LogP contribution < -0.4 is 21.5 Å². The lowest BCUT2D eigenvalue weighted by Gasteiger charge is -2.15. The maximum atomic E-state index is 14.0. The summed E-state index contributed by atoms with van der Waals surface area (Å²) in [6, 6.07) is 9.74. The fourth-order valence-electron chi connectivity index (χ4n) is 2.38. The molecule has 21 heavy (non-hydrogen) atoms. The van der Waals surface area contributed by atoms with E-state index in [1.807, 2.05) is 24.3 Å². The van der Waals surface area contributed by atoms with Crippen LogP contribution in [0.15, 0.2) is 36.4 Å². The molecule has 2 aromatic carbocycles. The van der Waals surface area contributed by atoms with Gasteiger partial charge in [0.15, 0.2) is 0 Å². The number of amides is 1. The van der Waals surface area contributed by atoms with Gasteiger partial charge < -0.3 is 21.5 Å². The Morgan fingerprint density at radius 3 is 2.86 bits per heavy atom. The number of halogens is 1. The minimum Gasteiger partial charge on any atom is -0.491 e. The lowest BCUT2D eigenvalue weighted by molar-refractivity contribution is 0.100. The van der Waals surface area contributed by atoms with Crippen LogP contribution in [0.1, 0.15) is 22.0 Å². The number of nitrogens with two attached hydrogens (primary N) is 2. The number of carbonyl (C=O) groups is 1. The van der Waals surface area contributed by atoms with Crippen LogP contribution in [0.25, 0.3) is 0 Å². The summed E-state index contributed by atoms with van der Waals surface area (Å²) >= 11 is 0. The Hall–Kier alpha value is -2.76. The smallest absolute Gasteiger partial charge is 0.250 e. The molecular formula is C15H14FN3O2. The number of para-hydroxylation sites is 1. The number of benzene rings is 2. The van der Waals surface area contributed by atoms with Crippen LogP contribution >= 0.6 is 0 Å². The van der Waals surface area contributed by atoms with E-state index in [-0.39, 0.29) is 23.0 Å². The number of hydrogen-bond acceptors (Lipinski definition) is 4. The van der Waals surface area contributed by atoms with Gasteiger partial charge in [-0.25, -0.2) is 4.39 Å². The molecule has 1 atom stereocenters. The molecule has 0 radical (unpaired) electrons. The average molecular weight is 287 g/mol. The lowest BCUT2D eigenvalue weighted by Crippen LogP contribution is -2.17. The first-order valence-corrected chi connectivity index (χ1v) is 6.43. The lowest BCUT2D eigenvalue weighted by atomic mass is 10.1. The molecule has 6 heteroatoms. The maximum Gasteiger partial charge on any atom is 0.250 e. The Balaban J connectivity index is 1.93. The third-order valence-electron chi connectivity index (χ3n) is 3.43. The van der Waals surface area contributed by atoms with E-state index < -0.39 is 11.7 Å². The number of nitrogen functional groups attached to an aromatic ring is 1. The van der Waals surface area contributed by atoms with Gasteiger partial charge in [0.1, 0.15) is 18.2 Å². The fourth-order valence-corrected chi connectivity index (χ4v) is 2.38. The molecule has 1 unspecified atom stereocenters. The molecule has 0 aliphatic carbocycles. The second-order valence-electron chi connectivity index (χ2n) is 4.83. The van der Waals surface area contributed by atoms with E-state index in [2.05, 4.69) is 5.32 Å². The fraction of sp³-hybridized carbons (Fsp3) is 0.133. The van der Waals surface area contributed by atoms with Crippen LogP contribution in [0.5, 0.6) is 5.75 Å². The molecule has 5 nitrogen and oxygen atoms in total. The van der Waals surface area contributed by atoms with Gasteiger partial charge >= 0.3 is 0 Å². The molecule has 5 N–H and O–H groups in total. The second-order valence-corrected chi connectivity index (χ2v) is 4.83. The van der Waals surface area contributed by atoms with E-state index >= 15 is 0 Å². The molecule has 0 spiro atoms. The number of rotatable bonds is 3. The molecule has 0 fully saturated rings. The highest BCUT2D eigenvalue weighted by molar-refractivity contribution is 5.99. The van der Waals surface area contributed by atoms with Gasteiger partial charge in [-0.3, -0.25) is 4.79 Å². The van der Waals surface area contributed by atoms with Crippen molar-refractivity contribution in [3.8, 4) is 5.75 Å². The predicted octanol–water partition coefficient (Wildman–Crippen LogP) is 2.05. The Labute approximate surface area is 120 Å². The minimum atomic E-state index is -0.696. The van der Waals surface area contributed by atoms with Crippen molar-refractivity contribution in [3.63, 3.8) is 0 Å². The summed E-state index contributed by atoms with van der Waals surface area (Å²) in [7, 11) is 0. The SMILES string of the molecule is NC(=O)c1cc(NC2COc3ccccc32)c(F)cc1N. The topological polar surface area (TPSA) is 90.4 Å². The summed E-state index contributed by atoms with van der Waals surface area (Å²) in [5.74, 6) is -0.471. The number of ether oxygens (including phenoxy) is 1. The summed E-state index contributed by atoms with van der Waals surface area (Å²) in [6.07, 6.45) is 0. The molecule has 0 saturated carbocycles. The molecule has 1 amide bonds. The molecule has 1 aliphatic heterocycles. The Morgan fingerprint density at radius 1 is 1.33 bits per heavy atom. The van der Waals surface area contributed by atoms with Crippen LogP contribution in [-0.4, -0.2) is 12.5 Å². The largest absolute Gasteiger partial charge is 0.491 e. The van der Waals surface area contributed by atoms with Crippen molar-refractivity contribution in [1.29, 1.82) is 0 Å². The second kappa shape index (κ2) is 4.97. The molecular weight excluding hydrogens is 273 g/mol. The molecule has 2 aromatic rings. The summed E-state index contributed by atoms with van der Waals surface area (Å²) in [4.78, 5) is 11.3. The number of primary amides is 1. The van der Waals surface area contributed by atoms with Crippen molar-refractivity contribution in [3.05, 3.63) is 53.3 Å². The summed E-state index contributed by atoms with van der Waals surface area (Å²) in [5, 5.41) is 3.02. The molecule has 0 aromatic heterocycles. The van der Waals surface area contributed by atoms with E-state index in [9.17, 15) is 9.18 Å². The van der Waals surface area contributed by atoms with Gasteiger partial charge in [-0.1, -0.05) is 18.2 Å². The first-order chi connectivity index (χ1) is 10.1. The normalized spacial score (nSPS) is 16.1. The van der Waals surface area contributed by atoms with E-state index in [1.54, 1.807) is 0 Å². The molecule has 1 heterocycles. The summed E-state index contributed by atoms with van der Waals surface area (Å²) in [6.45, 7) is 0.384. The van der Waals surface area contributed by atoms with Crippen LogP contribution in [-0.2, 0) is 0 Å². The number of fused-ring (bicyclic) bond motifs is 1. The summed E-state index contributed by atoms with van der Waals surface area (Å²) in [5.41, 5.74) is 12.0. The highest BCUT2D eigenvalue weighted by atomic mass is 19.1. The molecule has 1 aliphatic rings. The zero-order chi connectivity index (χ0) is 15.0. The first kappa shape index (κ1) is 13.2. The third kappa shape index (κ3) is 2.35. The standard InChI is InChI=1S/C15H14FN3O2/c16-10-6-11(17)9(15(18)20)5-12(10)19-13-7-21-14-4-2-1-3-8(13)14/h1-6,13,19H,7,17H2,(H2,18,20). The van der Waals surface area contributed by atoms with E-state index in [0.29, 0.717) is 6.61 Å². The minimum absolute atomic E-state index is 0.0219. The van der Waals surface area contributed by atoms with Crippen molar-refractivity contribution in [2.75, 3.05) is 17.7 Å². The van der Waals surface area contributed by atoms with Crippen LogP contribution in [0.2, 0.25) is 0 Å². The van der Waals surface area contributed by atoms with Crippen LogP contribution in [0.3, 0.4) is 0 Å². The predicted molar refractivity (Wildman–Crippen MR) is 77.6 cm³/mol. The molecule has 108 valence electrons. The molecule has 0 saturated heterocycles. The van der Waals surface area contributed by atoms with E-state index in [0.717, 1.165) is 17.4 Å². The average Bonchev–Trinajstić information content (AvgIpc) is 2.85. The number of anilines is 2. The number of carbonyl (C=O) groups excluding carboxylic acids is 1. The number of hydrogen-bond donors (Lipinski definition) is 3. The van der Waals surface area contributed by atoms with Crippen molar-refractivity contribution >= 4 is 17.3 Å². The van der Waals surface area contributed by atoms with Gasteiger partial charge in [0.05, 0.1) is 17.3 Å². The van der Waals surface area contributed by atoms with Gasteiger partial charge in [-0.15, -0.1) is 0 Å². The van der Waals surface area contributed by atoms with Crippen molar-refractivity contribution < 1.29 is 13.9 Å². The van der Waals surface area contributed by atoms with Gasteiger partial charge in [0.25, 0.3) is 5.91 Å². The molecule has 0 bridgehead atoms. The third-order valence-corrected chi connectivity index (χ3v) is 3.43. The van der Waals surface area contributed by atoms with Gasteiger partial charge in [-0.2, -0.15) is 0 Å². The van der Waals surface area contributed by atoms with Crippen molar-refractivity contribution in [1.82, 2.24) is 0 Å². The number of nitrogens with one attached hydrogen (secondary N) is 1. The Bertz CT molecular complexity index is 718. The summed E-state index contributed by atoms with van der Waals surface area (Å²) < 4.78 is 19.5. The van der Waals surface area contributed by atoms with Gasteiger partial charge in [-0.05, 0) is 18.2 Å². The zero-order valence-electron chi connectivity index (χ0n) is 11.1. The van der Waals surface area contributed by atoms with Crippen LogP contribution in [0.4, 0.5) is 15.8 Å². The quantitative estimate of drug-likeness (QED) is 0.754. The van der Waals surface area contributed by atoms with Gasteiger partial charge in [0.2, 0.25) is 0 Å². The zero-order valence-corrected chi connectivity index (χ0v) is 11.1. The Morgan fingerprint density at radius 2 is 2.10 bits per heavy atom. The van der Waals surface area contributed by atoms with Gasteiger partial charge in [0, 0.05) is 11.3 Å². The highest BCUT2D eigenvalue weighted by Crippen LogP contribution is 2.35. The monoisotopic (exact) mass is 287 g/mol. The van der Waals surface area contributed by atoms with Crippen molar-refractivity contribution in [2.24, 2.45) is 5.73 Å². The van der Waals surface area contributed by atoms with E-state index in [1.165, 1.54) is 6.07 Å².